The van der Waals surface area contributed by atoms with Gasteiger partial charge < -0.3 is 9.84 Å². The Morgan fingerprint density at radius 1 is 1.23 bits per heavy atom. The van der Waals surface area contributed by atoms with E-state index in [9.17, 15) is 14.4 Å². The molecule has 0 amide bonds. The van der Waals surface area contributed by atoms with Crippen molar-refractivity contribution in [3.63, 3.8) is 0 Å². The Kier molecular flexibility index (Phi) is 5.50. The quantitative estimate of drug-likeness (QED) is 0.481. The minimum atomic E-state index is -1.51. The Morgan fingerprint density at radius 3 is 2.31 bits per heavy atom. The van der Waals surface area contributed by atoms with Crippen LogP contribution in [0.1, 0.15) is 26.2 Å². The number of esters is 1. The third kappa shape index (κ3) is 5.84. The maximum absolute atomic E-state index is 10.8. The van der Waals surface area contributed by atoms with E-state index in [0.29, 0.717) is 13.0 Å². The molecule has 13 heavy (non-hydrogen) atoms. The number of ketones is 1. The van der Waals surface area contributed by atoms with Crippen LogP contribution in [-0.4, -0.2) is 29.4 Å². The van der Waals surface area contributed by atoms with Crippen molar-refractivity contribution < 1.29 is 24.2 Å². The summed E-state index contributed by atoms with van der Waals surface area (Å²) in [5, 5.41) is 8.17. The van der Waals surface area contributed by atoms with Crippen LogP contribution in [-0.2, 0) is 19.1 Å². The number of hydrogen-bond donors (Lipinski definition) is 1. The van der Waals surface area contributed by atoms with Crippen LogP contribution in [0.4, 0.5) is 0 Å². The number of carboxylic acids is 1. The summed E-state index contributed by atoms with van der Waals surface area (Å²) in [4.78, 5) is 31.3. The summed E-state index contributed by atoms with van der Waals surface area (Å²) >= 11 is 0. The van der Waals surface area contributed by atoms with E-state index in [-0.39, 0.29) is 12.8 Å². The van der Waals surface area contributed by atoms with Gasteiger partial charge in [-0.1, -0.05) is 6.92 Å². The molecule has 0 aliphatic carbocycles. The fourth-order valence-corrected chi connectivity index (χ4v) is 0.611. The largest absolute Gasteiger partial charge is 0.476 e. The highest BCUT2D eigenvalue weighted by Gasteiger charge is 2.13. The second-order valence-electron chi connectivity index (χ2n) is 2.45. The molecule has 0 heterocycles. The molecule has 0 unspecified atom stereocenters. The maximum atomic E-state index is 10.8. The maximum Gasteiger partial charge on any atom is 0.372 e. The van der Waals surface area contributed by atoms with Crippen molar-refractivity contribution in [1.82, 2.24) is 0 Å². The average molecular weight is 188 g/mol. The summed E-state index contributed by atoms with van der Waals surface area (Å²) in [5.41, 5.74) is 0. The molecule has 0 aliphatic rings. The summed E-state index contributed by atoms with van der Waals surface area (Å²) in [7, 11) is 0. The molecule has 0 radical (unpaired) electrons. The molecule has 1 N–H and O–H groups in total. The Labute approximate surface area is 75.7 Å². The van der Waals surface area contributed by atoms with E-state index < -0.39 is 17.7 Å². The van der Waals surface area contributed by atoms with Crippen LogP contribution in [0, 0.1) is 0 Å². The van der Waals surface area contributed by atoms with Gasteiger partial charge in [-0.25, -0.2) is 4.79 Å². The van der Waals surface area contributed by atoms with Gasteiger partial charge in [0.25, 0.3) is 0 Å². The second-order valence-corrected chi connectivity index (χ2v) is 2.45. The van der Waals surface area contributed by atoms with Gasteiger partial charge in [-0.3, -0.25) is 9.59 Å². The highest BCUT2D eigenvalue weighted by Crippen LogP contribution is 1.95. The normalized spacial score (nSPS) is 9.31. The first kappa shape index (κ1) is 11.6. The summed E-state index contributed by atoms with van der Waals surface area (Å²) in [6.45, 7) is 2.15. The molecule has 0 saturated carbocycles. The number of carboxylic acid groups (broad SMARTS) is 1. The number of Topliss-reactive ketones (excluding diaryl/α,β-unsaturated/α-hetero) is 1. The van der Waals surface area contributed by atoms with Crippen LogP contribution in [0.15, 0.2) is 0 Å². The smallest absolute Gasteiger partial charge is 0.372 e. The van der Waals surface area contributed by atoms with Gasteiger partial charge in [0.2, 0.25) is 5.78 Å². The Hall–Kier alpha value is -1.39. The van der Waals surface area contributed by atoms with Crippen LogP contribution in [0.3, 0.4) is 0 Å². The number of hydrogen-bond acceptors (Lipinski definition) is 4. The molecule has 0 rings (SSSR count). The molecule has 0 atom stereocenters. The van der Waals surface area contributed by atoms with E-state index in [2.05, 4.69) is 4.74 Å². The Balaban J connectivity index is 3.58. The van der Waals surface area contributed by atoms with Gasteiger partial charge in [-0.2, -0.15) is 0 Å². The zero-order valence-corrected chi connectivity index (χ0v) is 7.41. The zero-order valence-electron chi connectivity index (χ0n) is 7.41. The lowest BCUT2D eigenvalue weighted by Gasteiger charge is -2.00. The highest BCUT2D eigenvalue weighted by atomic mass is 16.5. The van der Waals surface area contributed by atoms with Gasteiger partial charge in [0.05, 0.1) is 13.0 Å². The summed E-state index contributed by atoms with van der Waals surface area (Å²) in [6, 6.07) is 0. The van der Waals surface area contributed by atoms with E-state index in [4.69, 9.17) is 5.11 Å². The topological polar surface area (TPSA) is 80.7 Å². The highest BCUT2D eigenvalue weighted by molar-refractivity contribution is 6.32. The lowest BCUT2D eigenvalue weighted by Crippen LogP contribution is -2.15. The monoisotopic (exact) mass is 188 g/mol. The van der Waals surface area contributed by atoms with Crippen molar-refractivity contribution in [3.05, 3.63) is 0 Å². The predicted octanol–water partition coefficient (Wildman–Crippen LogP) is 0.374. The molecule has 0 aromatic heterocycles. The standard InChI is InChI=1S/C8H12O5/c1-2-5-13-7(10)4-3-6(9)8(11)12/h2-5H2,1H3,(H,11,12). The van der Waals surface area contributed by atoms with Crippen molar-refractivity contribution in [1.29, 1.82) is 0 Å². The molecule has 0 bridgehead atoms. The van der Waals surface area contributed by atoms with Gasteiger partial charge in [0.1, 0.15) is 0 Å². The van der Waals surface area contributed by atoms with Crippen LogP contribution in [0.25, 0.3) is 0 Å². The number of ether oxygens (including phenoxy) is 1. The van der Waals surface area contributed by atoms with Crippen molar-refractivity contribution in [2.75, 3.05) is 6.61 Å². The van der Waals surface area contributed by atoms with E-state index in [1.165, 1.54) is 0 Å². The molecule has 5 heteroatoms. The molecule has 0 saturated heterocycles. The average Bonchev–Trinajstić information content (AvgIpc) is 2.10. The molecule has 0 aliphatic heterocycles. The first-order valence-electron chi connectivity index (χ1n) is 3.99. The Bertz CT molecular complexity index is 209. The van der Waals surface area contributed by atoms with Gasteiger partial charge in [-0.15, -0.1) is 0 Å². The SMILES string of the molecule is CCCOC(=O)CCC(=O)C(=O)O. The molecule has 0 fully saturated rings. The molecule has 0 aromatic carbocycles. The molecular formula is C8H12O5. The third-order valence-electron chi connectivity index (χ3n) is 1.26. The molecule has 0 spiro atoms. The molecule has 74 valence electrons. The van der Waals surface area contributed by atoms with Gasteiger partial charge in [0, 0.05) is 6.42 Å². The summed E-state index contributed by atoms with van der Waals surface area (Å²) in [5.74, 6) is -3.01. The van der Waals surface area contributed by atoms with Crippen LogP contribution >= 0.6 is 0 Å². The lowest BCUT2D eigenvalue weighted by atomic mass is 10.2. The predicted molar refractivity (Wildman–Crippen MR) is 43.1 cm³/mol. The van der Waals surface area contributed by atoms with Crippen LogP contribution in [0.2, 0.25) is 0 Å². The van der Waals surface area contributed by atoms with E-state index >= 15 is 0 Å². The fourth-order valence-electron chi connectivity index (χ4n) is 0.611. The molecule has 0 aromatic rings. The summed E-state index contributed by atoms with van der Waals surface area (Å²) < 4.78 is 4.64. The van der Waals surface area contributed by atoms with E-state index in [1.54, 1.807) is 0 Å². The minimum Gasteiger partial charge on any atom is -0.476 e. The number of rotatable bonds is 6. The fraction of sp³-hybridized carbons (Fsp3) is 0.625. The number of carbonyl (C=O) groups excluding carboxylic acids is 2. The van der Waals surface area contributed by atoms with Crippen LogP contribution < -0.4 is 0 Å². The van der Waals surface area contributed by atoms with Crippen molar-refractivity contribution in [2.24, 2.45) is 0 Å². The second kappa shape index (κ2) is 6.16. The first-order valence-corrected chi connectivity index (χ1v) is 3.99. The van der Waals surface area contributed by atoms with Crippen molar-refractivity contribution >= 4 is 17.7 Å². The van der Waals surface area contributed by atoms with Crippen LogP contribution in [0.5, 0.6) is 0 Å². The zero-order chi connectivity index (χ0) is 10.3. The number of aliphatic carboxylic acids is 1. The van der Waals surface area contributed by atoms with Gasteiger partial charge in [0.15, 0.2) is 0 Å². The first-order chi connectivity index (χ1) is 6.07. The molecular weight excluding hydrogens is 176 g/mol. The van der Waals surface area contributed by atoms with E-state index in [1.807, 2.05) is 6.92 Å². The Morgan fingerprint density at radius 2 is 1.85 bits per heavy atom. The molecule has 5 nitrogen and oxygen atoms in total. The van der Waals surface area contributed by atoms with Crippen molar-refractivity contribution in [3.8, 4) is 0 Å². The third-order valence-corrected chi connectivity index (χ3v) is 1.26. The van der Waals surface area contributed by atoms with E-state index in [0.717, 1.165) is 0 Å². The lowest BCUT2D eigenvalue weighted by molar-refractivity contribution is -0.150. The minimum absolute atomic E-state index is 0.162. The van der Waals surface area contributed by atoms with Crippen molar-refractivity contribution in [2.45, 2.75) is 26.2 Å². The number of carbonyl (C=O) groups is 3. The van der Waals surface area contributed by atoms with Gasteiger partial charge in [-0.05, 0) is 6.42 Å². The summed E-state index contributed by atoms with van der Waals surface area (Å²) in [6.07, 6.45) is 0.252. The van der Waals surface area contributed by atoms with Gasteiger partial charge >= 0.3 is 11.9 Å².